The summed E-state index contributed by atoms with van der Waals surface area (Å²) in [5.74, 6) is -0.488. The van der Waals surface area contributed by atoms with Gasteiger partial charge in [0, 0.05) is 4.47 Å². The van der Waals surface area contributed by atoms with E-state index in [1.807, 2.05) is 31.2 Å². The van der Waals surface area contributed by atoms with Crippen LogP contribution in [-0.4, -0.2) is 12.5 Å². The zero-order valence-electron chi connectivity index (χ0n) is 9.07. The lowest BCUT2D eigenvalue weighted by Gasteiger charge is -2.16. The van der Waals surface area contributed by atoms with Crippen molar-refractivity contribution in [3.8, 4) is 0 Å². The first-order valence-corrected chi connectivity index (χ1v) is 5.84. The van der Waals surface area contributed by atoms with Crippen molar-refractivity contribution in [1.29, 1.82) is 0 Å². The Bertz CT molecular complexity index is 340. The topological polar surface area (TPSA) is 64.3 Å². The molecule has 4 nitrogen and oxygen atoms in total. The molecule has 0 aliphatic rings. The molecule has 16 heavy (non-hydrogen) atoms. The summed E-state index contributed by atoms with van der Waals surface area (Å²) in [5, 5.41) is 0. The second kappa shape index (κ2) is 6.62. The van der Waals surface area contributed by atoms with E-state index in [1.54, 1.807) is 0 Å². The zero-order valence-corrected chi connectivity index (χ0v) is 10.7. The Kier molecular flexibility index (Phi) is 5.45. The zero-order chi connectivity index (χ0) is 12.0. The van der Waals surface area contributed by atoms with Crippen LogP contribution in [0, 0.1) is 0 Å². The standard InChI is InChI=1S/C11H15BrN2O2/c1-2-10(14-16-7-11(13)15)8-3-5-9(12)6-4-8/h3-6,10,14H,2,7H2,1H3,(H2,13,15). The normalized spacial score (nSPS) is 12.4. The highest BCUT2D eigenvalue weighted by Gasteiger charge is 2.09. The van der Waals surface area contributed by atoms with Gasteiger partial charge in [0.15, 0.2) is 0 Å². The van der Waals surface area contributed by atoms with Gasteiger partial charge in [0.05, 0.1) is 6.04 Å². The van der Waals surface area contributed by atoms with Gasteiger partial charge in [-0.2, -0.15) is 5.48 Å². The molecular weight excluding hydrogens is 272 g/mol. The molecule has 0 aliphatic carbocycles. The third-order valence-electron chi connectivity index (χ3n) is 2.12. The Balaban J connectivity index is 2.53. The number of carbonyl (C=O) groups excluding carboxylic acids is 1. The Hall–Kier alpha value is -0.910. The quantitative estimate of drug-likeness (QED) is 0.785. The van der Waals surface area contributed by atoms with Gasteiger partial charge in [-0.3, -0.25) is 9.63 Å². The van der Waals surface area contributed by atoms with Crippen LogP contribution in [0.25, 0.3) is 0 Å². The molecule has 88 valence electrons. The van der Waals surface area contributed by atoms with E-state index in [1.165, 1.54) is 0 Å². The third kappa shape index (κ3) is 4.30. The molecular formula is C11H15BrN2O2. The first kappa shape index (κ1) is 13.2. The maximum Gasteiger partial charge on any atom is 0.245 e. The number of nitrogens with one attached hydrogen (secondary N) is 1. The molecule has 0 radical (unpaired) electrons. The Morgan fingerprint density at radius 1 is 1.50 bits per heavy atom. The maximum absolute atomic E-state index is 10.5. The van der Waals surface area contributed by atoms with Gasteiger partial charge in [-0.15, -0.1) is 0 Å². The van der Waals surface area contributed by atoms with Crippen molar-refractivity contribution in [2.24, 2.45) is 5.73 Å². The molecule has 0 heterocycles. The number of carbonyl (C=O) groups is 1. The third-order valence-corrected chi connectivity index (χ3v) is 2.65. The molecule has 0 saturated carbocycles. The van der Waals surface area contributed by atoms with Crippen LogP contribution in [0.2, 0.25) is 0 Å². The first-order valence-electron chi connectivity index (χ1n) is 5.04. The van der Waals surface area contributed by atoms with Gasteiger partial charge in [0.25, 0.3) is 0 Å². The molecule has 1 rings (SSSR count). The van der Waals surface area contributed by atoms with E-state index in [4.69, 9.17) is 10.6 Å². The molecule has 0 spiro atoms. The van der Waals surface area contributed by atoms with E-state index in [9.17, 15) is 4.79 Å². The number of primary amides is 1. The van der Waals surface area contributed by atoms with Gasteiger partial charge in [-0.05, 0) is 24.1 Å². The average Bonchev–Trinajstić information content (AvgIpc) is 2.26. The minimum atomic E-state index is -0.488. The highest BCUT2D eigenvalue weighted by molar-refractivity contribution is 9.10. The van der Waals surface area contributed by atoms with Crippen LogP contribution >= 0.6 is 15.9 Å². The van der Waals surface area contributed by atoms with Crippen LogP contribution in [0.4, 0.5) is 0 Å². The number of rotatable bonds is 6. The SMILES string of the molecule is CCC(NOCC(N)=O)c1ccc(Br)cc1. The van der Waals surface area contributed by atoms with Gasteiger partial charge in [-0.1, -0.05) is 35.0 Å². The first-order chi connectivity index (χ1) is 7.63. The number of benzene rings is 1. The minimum absolute atomic E-state index is 0.0625. The maximum atomic E-state index is 10.5. The second-order valence-corrected chi connectivity index (χ2v) is 4.30. The lowest BCUT2D eigenvalue weighted by atomic mass is 10.1. The number of nitrogens with two attached hydrogens (primary N) is 1. The smallest absolute Gasteiger partial charge is 0.245 e. The summed E-state index contributed by atoms with van der Waals surface area (Å²) in [6.07, 6.45) is 0.862. The molecule has 0 aromatic heterocycles. The van der Waals surface area contributed by atoms with E-state index in [0.717, 1.165) is 16.5 Å². The van der Waals surface area contributed by atoms with Crippen molar-refractivity contribution >= 4 is 21.8 Å². The van der Waals surface area contributed by atoms with Crippen LogP contribution in [-0.2, 0) is 9.63 Å². The highest BCUT2D eigenvalue weighted by Crippen LogP contribution is 2.19. The molecule has 1 amide bonds. The fraction of sp³-hybridized carbons (Fsp3) is 0.364. The van der Waals surface area contributed by atoms with Crippen LogP contribution < -0.4 is 11.2 Å². The molecule has 1 aromatic carbocycles. The Labute approximate surface area is 103 Å². The lowest BCUT2D eigenvalue weighted by Crippen LogP contribution is -2.27. The highest BCUT2D eigenvalue weighted by atomic mass is 79.9. The second-order valence-electron chi connectivity index (χ2n) is 3.39. The summed E-state index contributed by atoms with van der Waals surface area (Å²) in [5.41, 5.74) is 8.90. The largest absolute Gasteiger partial charge is 0.368 e. The summed E-state index contributed by atoms with van der Waals surface area (Å²) in [7, 11) is 0. The van der Waals surface area contributed by atoms with E-state index < -0.39 is 5.91 Å². The number of amides is 1. The average molecular weight is 287 g/mol. The van der Waals surface area contributed by atoms with E-state index in [-0.39, 0.29) is 12.6 Å². The molecule has 0 saturated heterocycles. The molecule has 0 fully saturated rings. The molecule has 0 aliphatic heterocycles. The van der Waals surface area contributed by atoms with Gasteiger partial charge >= 0.3 is 0 Å². The number of hydrogen-bond acceptors (Lipinski definition) is 3. The summed E-state index contributed by atoms with van der Waals surface area (Å²) >= 11 is 3.38. The minimum Gasteiger partial charge on any atom is -0.368 e. The summed E-state index contributed by atoms with van der Waals surface area (Å²) in [6, 6.07) is 7.99. The molecule has 1 aromatic rings. The van der Waals surface area contributed by atoms with Crippen LogP contribution in [0.1, 0.15) is 24.9 Å². The molecule has 0 bridgehead atoms. The fourth-order valence-electron chi connectivity index (χ4n) is 1.30. The van der Waals surface area contributed by atoms with Crippen molar-refractivity contribution in [2.75, 3.05) is 6.61 Å². The van der Waals surface area contributed by atoms with Crippen molar-refractivity contribution in [2.45, 2.75) is 19.4 Å². The fourth-order valence-corrected chi connectivity index (χ4v) is 1.56. The van der Waals surface area contributed by atoms with E-state index >= 15 is 0 Å². The molecule has 3 N–H and O–H groups in total. The van der Waals surface area contributed by atoms with Crippen LogP contribution in [0.5, 0.6) is 0 Å². The van der Waals surface area contributed by atoms with Crippen LogP contribution in [0.15, 0.2) is 28.7 Å². The predicted molar refractivity (Wildman–Crippen MR) is 65.5 cm³/mol. The van der Waals surface area contributed by atoms with E-state index in [2.05, 4.69) is 21.4 Å². The van der Waals surface area contributed by atoms with Gasteiger partial charge in [0.1, 0.15) is 6.61 Å². The van der Waals surface area contributed by atoms with Crippen molar-refractivity contribution in [1.82, 2.24) is 5.48 Å². The Morgan fingerprint density at radius 3 is 2.62 bits per heavy atom. The van der Waals surface area contributed by atoms with E-state index in [0.29, 0.717) is 0 Å². The monoisotopic (exact) mass is 286 g/mol. The Morgan fingerprint density at radius 2 is 2.12 bits per heavy atom. The van der Waals surface area contributed by atoms with Crippen molar-refractivity contribution < 1.29 is 9.63 Å². The van der Waals surface area contributed by atoms with Crippen LogP contribution in [0.3, 0.4) is 0 Å². The lowest BCUT2D eigenvalue weighted by molar-refractivity contribution is -0.126. The predicted octanol–water partition coefficient (Wildman–Crippen LogP) is 1.91. The van der Waals surface area contributed by atoms with Gasteiger partial charge in [-0.25, -0.2) is 0 Å². The molecule has 1 unspecified atom stereocenters. The van der Waals surface area contributed by atoms with Gasteiger partial charge in [0.2, 0.25) is 5.91 Å². The molecule has 1 atom stereocenters. The van der Waals surface area contributed by atoms with Crippen molar-refractivity contribution in [3.05, 3.63) is 34.3 Å². The summed E-state index contributed by atoms with van der Waals surface area (Å²) < 4.78 is 1.03. The summed E-state index contributed by atoms with van der Waals surface area (Å²) in [4.78, 5) is 15.5. The molecule has 5 heteroatoms. The van der Waals surface area contributed by atoms with Gasteiger partial charge < -0.3 is 5.73 Å². The number of hydrogen-bond donors (Lipinski definition) is 2. The number of halogens is 1. The van der Waals surface area contributed by atoms with Crippen molar-refractivity contribution in [3.63, 3.8) is 0 Å². The summed E-state index contributed by atoms with van der Waals surface area (Å²) in [6.45, 7) is 1.92. The number of hydroxylamine groups is 1.